The molecule has 2 heteroatoms. The molecule has 0 saturated heterocycles. The van der Waals surface area contributed by atoms with E-state index in [9.17, 15) is 0 Å². The third-order valence-electron chi connectivity index (χ3n) is 5.85. The summed E-state index contributed by atoms with van der Waals surface area (Å²) in [5.41, 5.74) is 2.83. The van der Waals surface area contributed by atoms with Crippen LogP contribution in [0, 0.1) is 23.7 Å². The number of hydrogen-bond donors (Lipinski definition) is 0. The lowest BCUT2D eigenvalue weighted by Gasteiger charge is -2.35. The molecule has 3 aromatic rings. The SMILES string of the molecule is CC(C)CN(CC(C)C)c1c2ccccc2c(N(CC(C)C)CC(C)C)c2ccccc12. The first-order valence-corrected chi connectivity index (χ1v) is 12.6. The molecular formula is C30H44N2. The van der Waals surface area contributed by atoms with Crippen molar-refractivity contribution in [2.45, 2.75) is 55.4 Å². The zero-order valence-electron chi connectivity index (χ0n) is 21.7. The summed E-state index contributed by atoms with van der Waals surface area (Å²) in [6, 6.07) is 18.2. The maximum Gasteiger partial charge on any atom is 0.0527 e. The third kappa shape index (κ3) is 5.57. The minimum Gasteiger partial charge on any atom is -0.370 e. The van der Waals surface area contributed by atoms with E-state index >= 15 is 0 Å². The van der Waals surface area contributed by atoms with E-state index in [4.69, 9.17) is 0 Å². The largest absolute Gasteiger partial charge is 0.370 e. The van der Waals surface area contributed by atoms with Gasteiger partial charge in [-0.3, -0.25) is 0 Å². The van der Waals surface area contributed by atoms with Gasteiger partial charge in [-0.1, -0.05) is 104 Å². The number of nitrogens with zero attached hydrogens (tertiary/aromatic N) is 2. The molecule has 0 aliphatic carbocycles. The molecule has 0 bridgehead atoms. The van der Waals surface area contributed by atoms with Crippen molar-refractivity contribution in [2.75, 3.05) is 36.0 Å². The van der Waals surface area contributed by atoms with Crippen LogP contribution >= 0.6 is 0 Å². The molecule has 0 N–H and O–H groups in total. The molecule has 0 aromatic heterocycles. The summed E-state index contributed by atoms with van der Waals surface area (Å²) in [6.07, 6.45) is 0. The van der Waals surface area contributed by atoms with E-state index < -0.39 is 0 Å². The van der Waals surface area contributed by atoms with Crippen LogP contribution in [0.15, 0.2) is 48.5 Å². The van der Waals surface area contributed by atoms with Crippen molar-refractivity contribution in [2.24, 2.45) is 23.7 Å². The van der Waals surface area contributed by atoms with Crippen LogP contribution in [0.5, 0.6) is 0 Å². The Bertz CT molecular complexity index is 857. The number of fused-ring (bicyclic) bond motifs is 2. The molecule has 0 radical (unpaired) electrons. The van der Waals surface area contributed by atoms with Gasteiger partial charge in [-0.25, -0.2) is 0 Å². The molecule has 0 fully saturated rings. The highest BCUT2D eigenvalue weighted by Gasteiger charge is 2.23. The number of benzene rings is 3. The maximum atomic E-state index is 2.65. The second kappa shape index (κ2) is 10.6. The molecule has 0 atom stereocenters. The third-order valence-corrected chi connectivity index (χ3v) is 5.85. The van der Waals surface area contributed by atoms with Crippen molar-refractivity contribution < 1.29 is 0 Å². The van der Waals surface area contributed by atoms with Gasteiger partial charge in [0.15, 0.2) is 0 Å². The molecule has 0 saturated carbocycles. The lowest BCUT2D eigenvalue weighted by molar-refractivity contribution is 0.553. The molecule has 174 valence electrons. The molecular weight excluding hydrogens is 388 g/mol. The van der Waals surface area contributed by atoms with Crippen molar-refractivity contribution >= 4 is 32.9 Å². The van der Waals surface area contributed by atoms with Crippen molar-refractivity contribution in [1.82, 2.24) is 0 Å². The number of anilines is 2. The molecule has 3 rings (SSSR count). The fraction of sp³-hybridized carbons (Fsp3) is 0.533. The van der Waals surface area contributed by atoms with Crippen molar-refractivity contribution in [3.8, 4) is 0 Å². The average Bonchev–Trinajstić information content (AvgIpc) is 2.69. The Kier molecular flexibility index (Phi) is 8.09. The fourth-order valence-electron chi connectivity index (χ4n) is 5.04. The van der Waals surface area contributed by atoms with Gasteiger partial charge in [-0.15, -0.1) is 0 Å². The van der Waals surface area contributed by atoms with Crippen LogP contribution in [-0.4, -0.2) is 26.2 Å². The van der Waals surface area contributed by atoms with E-state index in [0.29, 0.717) is 23.7 Å². The van der Waals surface area contributed by atoms with Gasteiger partial charge >= 0.3 is 0 Å². The smallest absolute Gasteiger partial charge is 0.0527 e. The molecule has 0 spiro atoms. The van der Waals surface area contributed by atoms with Crippen molar-refractivity contribution in [3.63, 3.8) is 0 Å². The monoisotopic (exact) mass is 432 g/mol. The lowest BCUT2D eigenvalue weighted by Crippen LogP contribution is -2.33. The Morgan fingerprint density at radius 2 is 0.656 bits per heavy atom. The van der Waals surface area contributed by atoms with E-state index in [-0.39, 0.29) is 0 Å². The van der Waals surface area contributed by atoms with Gasteiger partial charge in [-0.05, 0) is 23.7 Å². The summed E-state index contributed by atoms with van der Waals surface area (Å²) in [7, 11) is 0. The maximum absolute atomic E-state index is 2.65. The highest BCUT2D eigenvalue weighted by molar-refractivity contribution is 6.20. The standard InChI is InChI=1S/C30H44N2/c1-21(2)17-31(18-22(3)4)29-25-13-9-11-15-27(25)30(28-16-12-10-14-26(28)29)32(19-23(5)6)20-24(7)8/h9-16,21-24H,17-20H2,1-8H3. The lowest BCUT2D eigenvalue weighted by atomic mass is 9.95. The van der Waals surface area contributed by atoms with Crippen LogP contribution < -0.4 is 9.80 Å². The van der Waals surface area contributed by atoms with Gasteiger partial charge in [0.1, 0.15) is 0 Å². The van der Waals surface area contributed by atoms with Gasteiger partial charge < -0.3 is 9.80 Å². The Morgan fingerprint density at radius 1 is 0.438 bits per heavy atom. The van der Waals surface area contributed by atoms with E-state index in [2.05, 4.69) is 114 Å². The zero-order valence-corrected chi connectivity index (χ0v) is 21.7. The first-order chi connectivity index (χ1) is 15.2. The fourth-order valence-corrected chi connectivity index (χ4v) is 5.04. The topological polar surface area (TPSA) is 6.48 Å². The summed E-state index contributed by atoms with van der Waals surface area (Å²) in [5.74, 6) is 2.46. The normalized spacial score (nSPS) is 12.1. The van der Waals surface area contributed by atoms with Gasteiger partial charge in [0, 0.05) is 47.7 Å². The van der Waals surface area contributed by atoms with Gasteiger partial charge in [-0.2, -0.15) is 0 Å². The van der Waals surface area contributed by atoms with Crippen molar-refractivity contribution in [3.05, 3.63) is 48.5 Å². The Hall–Kier alpha value is -2.22. The van der Waals surface area contributed by atoms with Gasteiger partial charge in [0.25, 0.3) is 0 Å². The van der Waals surface area contributed by atoms with Crippen LogP contribution in [0.2, 0.25) is 0 Å². The predicted octanol–water partition coefficient (Wildman–Crippen LogP) is 8.23. The van der Waals surface area contributed by atoms with Gasteiger partial charge in [0.05, 0.1) is 11.4 Å². The Labute approximate surface area is 196 Å². The van der Waals surface area contributed by atoms with Crippen LogP contribution in [-0.2, 0) is 0 Å². The van der Waals surface area contributed by atoms with Crippen LogP contribution in [0.1, 0.15) is 55.4 Å². The summed E-state index contributed by atoms with van der Waals surface area (Å²) in [6.45, 7) is 23.0. The minimum atomic E-state index is 0.615. The number of rotatable bonds is 10. The molecule has 32 heavy (non-hydrogen) atoms. The highest BCUT2D eigenvalue weighted by Crippen LogP contribution is 2.44. The van der Waals surface area contributed by atoms with Crippen LogP contribution in [0.25, 0.3) is 21.5 Å². The first kappa shape index (κ1) is 24.4. The van der Waals surface area contributed by atoms with E-state index in [1.54, 1.807) is 0 Å². The van der Waals surface area contributed by atoms with Crippen LogP contribution in [0.3, 0.4) is 0 Å². The molecule has 0 heterocycles. The quantitative estimate of drug-likeness (QED) is 0.235. The summed E-state index contributed by atoms with van der Waals surface area (Å²) < 4.78 is 0. The summed E-state index contributed by atoms with van der Waals surface area (Å²) in [5, 5.41) is 5.56. The van der Waals surface area contributed by atoms with Gasteiger partial charge in [0.2, 0.25) is 0 Å². The van der Waals surface area contributed by atoms with Crippen molar-refractivity contribution in [1.29, 1.82) is 0 Å². The van der Waals surface area contributed by atoms with E-state index in [0.717, 1.165) is 26.2 Å². The second-order valence-corrected chi connectivity index (χ2v) is 11.2. The summed E-state index contributed by atoms with van der Waals surface area (Å²) in [4.78, 5) is 5.30. The number of hydrogen-bond acceptors (Lipinski definition) is 2. The Morgan fingerprint density at radius 3 is 0.844 bits per heavy atom. The average molecular weight is 433 g/mol. The highest BCUT2D eigenvalue weighted by atomic mass is 15.2. The zero-order chi connectivity index (χ0) is 23.4. The van der Waals surface area contributed by atoms with E-state index in [1.165, 1.54) is 32.9 Å². The molecule has 0 unspecified atom stereocenters. The summed E-state index contributed by atoms with van der Waals surface area (Å²) >= 11 is 0. The Balaban J connectivity index is 2.37. The molecule has 0 aliphatic rings. The molecule has 0 aliphatic heterocycles. The minimum absolute atomic E-state index is 0.615. The first-order valence-electron chi connectivity index (χ1n) is 12.6. The second-order valence-electron chi connectivity index (χ2n) is 11.2. The van der Waals surface area contributed by atoms with E-state index in [1.807, 2.05) is 0 Å². The molecule has 2 nitrogen and oxygen atoms in total. The predicted molar refractivity (Wildman–Crippen MR) is 145 cm³/mol. The van der Waals surface area contributed by atoms with Crippen LogP contribution in [0.4, 0.5) is 11.4 Å². The molecule has 0 amide bonds. The molecule has 3 aromatic carbocycles.